The minimum Gasteiger partial charge on any atom is -0.155 e. The Balaban J connectivity index is 2.11. The van der Waals surface area contributed by atoms with Crippen LogP contribution in [-0.2, 0) is 0 Å². The molecule has 60 valence electrons. The van der Waals surface area contributed by atoms with Gasteiger partial charge in [0.15, 0.2) is 0 Å². The van der Waals surface area contributed by atoms with Gasteiger partial charge in [-0.1, -0.05) is 20.3 Å². The third-order valence-corrected chi connectivity index (χ3v) is 3.96. The van der Waals surface area contributed by atoms with E-state index in [0.29, 0.717) is 0 Å². The Morgan fingerprint density at radius 1 is 1.20 bits per heavy atom. The van der Waals surface area contributed by atoms with Gasteiger partial charge in [-0.05, 0) is 31.4 Å². The van der Waals surface area contributed by atoms with Crippen LogP contribution in [0.1, 0.15) is 46.0 Å². The maximum atomic E-state index is 2.30. The van der Waals surface area contributed by atoms with Crippen LogP contribution in [0, 0.1) is 0 Å². The van der Waals surface area contributed by atoms with Gasteiger partial charge in [0, 0.05) is 4.75 Å². The minimum atomic E-state index is 0.769. The molecule has 0 aromatic heterocycles. The van der Waals surface area contributed by atoms with Gasteiger partial charge in [-0.3, -0.25) is 0 Å². The predicted octanol–water partition coefficient (Wildman–Crippen LogP) is 3.46. The van der Waals surface area contributed by atoms with Crippen LogP contribution in [0.15, 0.2) is 0 Å². The van der Waals surface area contributed by atoms with Crippen LogP contribution in [-0.4, -0.2) is 10.5 Å². The highest BCUT2D eigenvalue weighted by Crippen LogP contribution is 2.51. The molecule has 0 spiro atoms. The lowest BCUT2D eigenvalue weighted by Crippen LogP contribution is -2.01. The Kier molecular flexibility index (Phi) is 3.09. The highest BCUT2D eigenvalue weighted by molar-refractivity contribution is 8.00. The van der Waals surface area contributed by atoms with E-state index in [1.807, 2.05) is 0 Å². The predicted molar refractivity (Wildman–Crippen MR) is 49.6 cm³/mol. The molecule has 1 aliphatic rings. The van der Waals surface area contributed by atoms with Crippen molar-refractivity contribution in [2.75, 3.05) is 5.75 Å². The molecule has 0 radical (unpaired) electrons. The molecule has 10 heavy (non-hydrogen) atoms. The fourth-order valence-electron chi connectivity index (χ4n) is 1.38. The molecular formula is C9H18S. The zero-order valence-corrected chi connectivity index (χ0v) is 7.97. The number of hydrogen-bond acceptors (Lipinski definition) is 1. The van der Waals surface area contributed by atoms with Crippen LogP contribution in [0.25, 0.3) is 0 Å². The summed E-state index contributed by atoms with van der Waals surface area (Å²) in [6, 6.07) is 0. The monoisotopic (exact) mass is 158 g/mol. The number of thioether (sulfide) groups is 1. The Morgan fingerprint density at radius 2 is 1.90 bits per heavy atom. The maximum absolute atomic E-state index is 2.30. The fourth-order valence-corrected chi connectivity index (χ4v) is 2.76. The second kappa shape index (κ2) is 3.66. The lowest BCUT2D eigenvalue weighted by molar-refractivity contribution is 0.747. The molecule has 0 nitrogen and oxygen atoms in total. The average Bonchev–Trinajstić information content (AvgIpc) is 2.67. The van der Waals surface area contributed by atoms with Gasteiger partial charge >= 0.3 is 0 Å². The zero-order valence-electron chi connectivity index (χ0n) is 7.15. The lowest BCUT2D eigenvalue weighted by atomic mass is 10.2. The Labute approximate surface area is 68.8 Å². The second-order valence-electron chi connectivity index (χ2n) is 3.28. The largest absolute Gasteiger partial charge is 0.155 e. The van der Waals surface area contributed by atoms with Gasteiger partial charge in [-0.25, -0.2) is 0 Å². The third kappa shape index (κ3) is 2.19. The van der Waals surface area contributed by atoms with Crippen molar-refractivity contribution in [3.8, 4) is 0 Å². The van der Waals surface area contributed by atoms with Gasteiger partial charge in [0.1, 0.15) is 0 Å². The molecule has 1 aliphatic carbocycles. The first-order valence-electron chi connectivity index (χ1n) is 4.47. The molecule has 1 rings (SSSR count). The highest BCUT2D eigenvalue weighted by Gasteiger charge is 2.41. The molecule has 1 heteroatoms. The summed E-state index contributed by atoms with van der Waals surface area (Å²) in [7, 11) is 0. The summed E-state index contributed by atoms with van der Waals surface area (Å²) >= 11 is 2.21. The number of rotatable bonds is 5. The fraction of sp³-hybridized carbons (Fsp3) is 1.00. The molecule has 0 atom stereocenters. The standard InChI is InChI=1S/C9H18S/c1-3-5-9(6-7-9)10-8-4-2/h3-8H2,1-2H3. The molecule has 0 unspecified atom stereocenters. The molecule has 0 bridgehead atoms. The van der Waals surface area contributed by atoms with Gasteiger partial charge in [-0.15, -0.1) is 0 Å². The topological polar surface area (TPSA) is 0 Å². The summed E-state index contributed by atoms with van der Waals surface area (Å²) in [5.41, 5.74) is 0. The second-order valence-corrected chi connectivity index (χ2v) is 4.84. The Bertz CT molecular complexity index is 94.9. The average molecular weight is 158 g/mol. The number of hydrogen-bond donors (Lipinski definition) is 0. The van der Waals surface area contributed by atoms with Gasteiger partial charge in [0.2, 0.25) is 0 Å². The van der Waals surface area contributed by atoms with Gasteiger partial charge in [-0.2, -0.15) is 11.8 Å². The van der Waals surface area contributed by atoms with E-state index in [-0.39, 0.29) is 0 Å². The van der Waals surface area contributed by atoms with Gasteiger partial charge in [0.05, 0.1) is 0 Å². The van der Waals surface area contributed by atoms with Crippen molar-refractivity contribution >= 4 is 11.8 Å². The summed E-state index contributed by atoms with van der Waals surface area (Å²) in [6.07, 6.45) is 7.15. The maximum Gasteiger partial charge on any atom is 0.0161 e. The van der Waals surface area contributed by atoms with Crippen molar-refractivity contribution in [3.63, 3.8) is 0 Å². The molecule has 0 amide bonds. The summed E-state index contributed by atoms with van der Waals surface area (Å²) in [5.74, 6) is 1.38. The summed E-state index contributed by atoms with van der Waals surface area (Å²) in [4.78, 5) is 0. The molecule has 0 aliphatic heterocycles. The van der Waals surface area contributed by atoms with Crippen LogP contribution < -0.4 is 0 Å². The molecule has 0 saturated heterocycles. The van der Waals surface area contributed by atoms with Crippen LogP contribution in [0.3, 0.4) is 0 Å². The van der Waals surface area contributed by atoms with Crippen LogP contribution >= 0.6 is 11.8 Å². The first kappa shape index (κ1) is 8.45. The summed E-state index contributed by atoms with van der Waals surface area (Å²) < 4.78 is 0.769. The summed E-state index contributed by atoms with van der Waals surface area (Å²) in [5, 5.41) is 0. The minimum absolute atomic E-state index is 0.769. The smallest absolute Gasteiger partial charge is 0.0161 e. The molecular weight excluding hydrogens is 140 g/mol. The Morgan fingerprint density at radius 3 is 2.30 bits per heavy atom. The van der Waals surface area contributed by atoms with Crippen molar-refractivity contribution < 1.29 is 0 Å². The molecule has 1 fully saturated rings. The van der Waals surface area contributed by atoms with Crippen molar-refractivity contribution in [1.82, 2.24) is 0 Å². The lowest BCUT2D eigenvalue weighted by Gasteiger charge is -2.11. The zero-order chi connectivity index (χ0) is 7.45. The van der Waals surface area contributed by atoms with E-state index in [2.05, 4.69) is 25.6 Å². The molecule has 0 aromatic carbocycles. The third-order valence-electron chi connectivity index (χ3n) is 2.13. The van der Waals surface area contributed by atoms with Crippen LogP contribution in [0.2, 0.25) is 0 Å². The molecule has 0 heterocycles. The van der Waals surface area contributed by atoms with Crippen molar-refractivity contribution in [2.45, 2.75) is 50.7 Å². The molecule has 0 aromatic rings. The van der Waals surface area contributed by atoms with Crippen molar-refractivity contribution in [3.05, 3.63) is 0 Å². The van der Waals surface area contributed by atoms with E-state index < -0.39 is 0 Å². The first-order valence-corrected chi connectivity index (χ1v) is 5.45. The van der Waals surface area contributed by atoms with E-state index in [4.69, 9.17) is 0 Å². The first-order chi connectivity index (χ1) is 4.83. The molecule has 1 saturated carbocycles. The van der Waals surface area contributed by atoms with E-state index in [9.17, 15) is 0 Å². The molecule has 0 N–H and O–H groups in total. The summed E-state index contributed by atoms with van der Waals surface area (Å²) in [6.45, 7) is 4.57. The van der Waals surface area contributed by atoms with Gasteiger partial charge in [0.25, 0.3) is 0 Å². The van der Waals surface area contributed by atoms with E-state index in [1.165, 1.54) is 37.9 Å². The van der Waals surface area contributed by atoms with Crippen molar-refractivity contribution in [2.24, 2.45) is 0 Å². The highest BCUT2D eigenvalue weighted by atomic mass is 32.2. The quantitative estimate of drug-likeness (QED) is 0.590. The van der Waals surface area contributed by atoms with E-state index >= 15 is 0 Å². The normalized spacial score (nSPS) is 21.0. The van der Waals surface area contributed by atoms with Gasteiger partial charge < -0.3 is 0 Å². The van der Waals surface area contributed by atoms with Crippen LogP contribution in [0.4, 0.5) is 0 Å². The van der Waals surface area contributed by atoms with E-state index in [1.54, 1.807) is 0 Å². The van der Waals surface area contributed by atoms with Crippen LogP contribution in [0.5, 0.6) is 0 Å². The van der Waals surface area contributed by atoms with E-state index in [0.717, 1.165) is 4.75 Å². The Hall–Kier alpha value is 0.350. The SMILES string of the molecule is CCCSC1(CCC)CC1. The van der Waals surface area contributed by atoms with Crippen molar-refractivity contribution in [1.29, 1.82) is 0 Å².